The van der Waals surface area contributed by atoms with Gasteiger partial charge in [-0.2, -0.15) is 0 Å². The molecule has 0 aliphatic heterocycles. The first-order valence-electron chi connectivity index (χ1n) is 6.97. The molecule has 1 heterocycles. The summed E-state index contributed by atoms with van der Waals surface area (Å²) in [5.41, 5.74) is 0.912. The molecule has 0 amide bonds. The maximum absolute atomic E-state index is 10.9. The number of nitrogens with one attached hydrogen (secondary N) is 1. The van der Waals surface area contributed by atoms with Gasteiger partial charge in [0.15, 0.2) is 0 Å². The van der Waals surface area contributed by atoms with E-state index in [0.29, 0.717) is 12.6 Å². The Morgan fingerprint density at radius 1 is 1.32 bits per heavy atom. The van der Waals surface area contributed by atoms with Crippen LogP contribution in [0.15, 0.2) is 18.2 Å². The second-order valence-corrected chi connectivity index (χ2v) is 5.81. The molecule has 1 aromatic rings. The molecule has 1 aromatic heterocycles. The lowest BCUT2D eigenvalue weighted by atomic mass is 9.80. The van der Waals surface area contributed by atoms with Crippen LogP contribution in [0.1, 0.15) is 49.3 Å². The zero-order valence-corrected chi connectivity index (χ0v) is 11.6. The highest BCUT2D eigenvalue weighted by Gasteiger charge is 2.23. The van der Waals surface area contributed by atoms with Crippen LogP contribution in [0.4, 0.5) is 0 Å². The molecule has 0 spiro atoms. The molecule has 104 valence electrons. The van der Waals surface area contributed by atoms with Gasteiger partial charge in [0.05, 0.1) is 5.69 Å². The van der Waals surface area contributed by atoms with Crippen molar-refractivity contribution in [2.75, 3.05) is 0 Å². The molecule has 1 aliphatic carbocycles. The lowest BCUT2D eigenvalue weighted by Gasteiger charge is -2.32. The van der Waals surface area contributed by atoms with Crippen LogP contribution in [0.5, 0.6) is 0 Å². The first kappa shape index (κ1) is 14.0. The van der Waals surface area contributed by atoms with Crippen molar-refractivity contribution in [3.05, 3.63) is 29.6 Å². The minimum absolute atomic E-state index is 0.115. The van der Waals surface area contributed by atoms with Crippen LogP contribution in [0.3, 0.4) is 0 Å². The molecule has 2 rings (SSSR count). The second-order valence-electron chi connectivity index (χ2n) is 5.81. The molecule has 4 heteroatoms. The topological polar surface area (TPSA) is 62.2 Å². The highest BCUT2D eigenvalue weighted by molar-refractivity contribution is 5.85. The van der Waals surface area contributed by atoms with Crippen LogP contribution in [-0.4, -0.2) is 22.1 Å². The van der Waals surface area contributed by atoms with Crippen molar-refractivity contribution in [1.29, 1.82) is 0 Å². The van der Waals surface area contributed by atoms with Gasteiger partial charge in [-0.1, -0.05) is 19.9 Å². The molecule has 2 atom stereocenters. The van der Waals surface area contributed by atoms with Crippen molar-refractivity contribution >= 4 is 5.97 Å². The number of hydrogen-bond donors (Lipinski definition) is 2. The van der Waals surface area contributed by atoms with E-state index >= 15 is 0 Å². The Hall–Kier alpha value is -1.42. The third-order valence-electron chi connectivity index (χ3n) is 3.78. The molecule has 2 N–H and O–H groups in total. The van der Waals surface area contributed by atoms with E-state index in [4.69, 9.17) is 5.11 Å². The Morgan fingerprint density at radius 3 is 2.63 bits per heavy atom. The van der Waals surface area contributed by atoms with Crippen molar-refractivity contribution in [3.8, 4) is 0 Å². The van der Waals surface area contributed by atoms with Gasteiger partial charge in [0.2, 0.25) is 0 Å². The van der Waals surface area contributed by atoms with Crippen LogP contribution >= 0.6 is 0 Å². The maximum Gasteiger partial charge on any atom is 0.354 e. The van der Waals surface area contributed by atoms with Gasteiger partial charge in [0.25, 0.3) is 0 Å². The minimum Gasteiger partial charge on any atom is -0.477 e. The fourth-order valence-corrected chi connectivity index (χ4v) is 3.06. The summed E-state index contributed by atoms with van der Waals surface area (Å²) in [5, 5.41) is 12.4. The Labute approximate surface area is 114 Å². The summed E-state index contributed by atoms with van der Waals surface area (Å²) in [5.74, 6) is 0.556. The Kier molecular flexibility index (Phi) is 4.53. The average Bonchev–Trinajstić information content (AvgIpc) is 2.35. The maximum atomic E-state index is 10.9. The predicted octanol–water partition coefficient (Wildman–Crippen LogP) is 2.69. The normalized spacial score (nSPS) is 27.2. The summed E-state index contributed by atoms with van der Waals surface area (Å²) >= 11 is 0. The standard InChI is InChI=1S/C15H22N2O2/c1-10-6-11(2)8-13(7-10)16-9-12-4-3-5-14(17-12)15(18)19/h3-5,10-11,13,16H,6-9H2,1-2H3,(H,18,19). The van der Waals surface area contributed by atoms with Crippen molar-refractivity contribution in [3.63, 3.8) is 0 Å². The van der Waals surface area contributed by atoms with E-state index in [1.165, 1.54) is 25.3 Å². The van der Waals surface area contributed by atoms with Crippen LogP contribution in [-0.2, 0) is 6.54 Å². The quantitative estimate of drug-likeness (QED) is 0.875. The molecule has 4 nitrogen and oxygen atoms in total. The zero-order valence-electron chi connectivity index (χ0n) is 11.6. The highest BCUT2D eigenvalue weighted by atomic mass is 16.4. The lowest BCUT2D eigenvalue weighted by Crippen LogP contribution is -2.36. The third kappa shape index (κ3) is 4.03. The molecular weight excluding hydrogens is 240 g/mol. The van der Waals surface area contributed by atoms with Gasteiger partial charge in [0.1, 0.15) is 5.69 Å². The van der Waals surface area contributed by atoms with Gasteiger partial charge in [-0.15, -0.1) is 0 Å². The van der Waals surface area contributed by atoms with E-state index < -0.39 is 5.97 Å². The van der Waals surface area contributed by atoms with E-state index in [1.54, 1.807) is 6.07 Å². The number of hydrogen-bond acceptors (Lipinski definition) is 3. The molecular formula is C15H22N2O2. The second kappa shape index (κ2) is 6.15. The van der Waals surface area contributed by atoms with Crippen molar-refractivity contribution in [1.82, 2.24) is 10.3 Å². The largest absolute Gasteiger partial charge is 0.477 e. The monoisotopic (exact) mass is 262 g/mol. The summed E-state index contributed by atoms with van der Waals surface area (Å²) in [6.45, 7) is 5.24. The van der Waals surface area contributed by atoms with Crippen LogP contribution in [0.2, 0.25) is 0 Å². The highest BCUT2D eigenvalue weighted by Crippen LogP contribution is 2.28. The number of pyridine rings is 1. The first-order chi connectivity index (χ1) is 9.04. The third-order valence-corrected chi connectivity index (χ3v) is 3.78. The summed E-state index contributed by atoms with van der Waals surface area (Å²) in [4.78, 5) is 15.0. The Balaban J connectivity index is 1.91. The SMILES string of the molecule is CC1CC(C)CC(NCc2cccc(C(=O)O)n2)C1. The molecule has 1 fully saturated rings. The fourth-order valence-electron chi connectivity index (χ4n) is 3.06. The first-order valence-corrected chi connectivity index (χ1v) is 6.97. The van der Waals surface area contributed by atoms with E-state index in [2.05, 4.69) is 24.1 Å². The molecule has 1 aliphatic rings. The lowest BCUT2D eigenvalue weighted by molar-refractivity contribution is 0.0690. The molecule has 0 aromatic carbocycles. The predicted molar refractivity (Wildman–Crippen MR) is 74.0 cm³/mol. The van der Waals surface area contributed by atoms with E-state index in [-0.39, 0.29) is 5.69 Å². The zero-order chi connectivity index (χ0) is 13.8. The van der Waals surface area contributed by atoms with Gasteiger partial charge in [-0.25, -0.2) is 9.78 Å². The number of nitrogens with zero attached hydrogens (tertiary/aromatic N) is 1. The Bertz CT molecular complexity index is 438. The van der Waals surface area contributed by atoms with E-state index in [1.807, 2.05) is 6.07 Å². The Morgan fingerprint density at radius 2 is 2.00 bits per heavy atom. The minimum atomic E-state index is -0.971. The number of rotatable bonds is 4. The van der Waals surface area contributed by atoms with Gasteiger partial charge in [-0.3, -0.25) is 0 Å². The number of carboxylic acid groups (broad SMARTS) is 1. The summed E-state index contributed by atoms with van der Waals surface area (Å²) < 4.78 is 0. The average molecular weight is 262 g/mol. The van der Waals surface area contributed by atoms with Crippen LogP contribution in [0.25, 0.3) is 0 Å². The number of carboxylic acids is 1. The molecule has 19 heavy (non-hydrogen) atoms. The molecule has 0 radical (unpaired) electrons. The fraction of sp³-hybridized carbons (Fsp3) is 0.600. The number of aromatic nitrogens is 1. The van der Waals surface area contributed by atoms with Gasteiger partial charge >= 0.3 is 5.97 Å². The van der Waals surface area contributed by atoms with Crippen molar-refractivity contribution in [2.45, 2.75) is 45.7 Å². The van der Waals surface area contributed by atoms with Crippen LogP contribution < -0.4 is 5.32 Å². The summed E-state index contributed by atoms with van der Waals surface area (Å²) in [6.07, 6.45) is 3.71. The van der Waals surface area contributed by atoms with E-state index in [0.717, 1.165) is 17.5 Å². The van der Waals surface area contributed by atoms with Gasteiger partial charge in [-0.05, 0) is 43.2 Å². The molecule has 0 saturated heterocycles. The summed E-state index contributed by atoms with van der Waals surface area (Å²) in [6, 6.07) is 5.67. The van der Waals surface area contributed by atoms with Crippen molar-refractivity contribution in [2.24, 2.45) is 11.8 Å². The van der Waals surface area contributed by atoms with Crippen LogP contribution in [0, 0.1) is 11.8 Å². The van der Waals surface area contributed by atoms with Gasteiger partial charge < -0.3 is 10.4 Å². The summed E-state index contributed by atoms with van der Waals surface area (Å²) in [7, 11) is 0. The molecule has 0 bridgehead atoms. The molecule has 1 saturated carbocycles. The van der Waals surface area contributed by atoms with Crippen molar-refractivity contribution < 1.29 is 9.90 Å². The van der Waals surface area contributed by atoms with Gasteiger partial charge in [0, 0.05) is 12.6 Å². The number of carbonyl (C=O) groups is 1. The number of aromatic carboxylic acids is 1. The van der Waals surface area contributed by atoms with E-state index in [9.17, 15) is 4.79 Å². The smallest absolute Gasteiger partial charge is 0.354 e. The molecule has 2 unspecified atom stereocenters.